The molecule has 4 heteroatoms. The van der Waals surface area contributed by atoms with Crippen LogP contribution in [0.15, 0.2) is 47.2 Å². The van der Waals surface area contributed by atoms with E-state index in [4.69, 9.17) is 11.6 Å². The van der Waals surface area contributed by atoms with Gasteiger partial charge in [-0.15, -0.1) is 0 Å². The number of rotatable bonds is 3. The van der Waals surface area contributed by atoms with Crippen molar-refractivity contribution in [3.63, 3.8) is 0 Å². The molecule has 0 aliphatic heterocycles. The fourth-order valence-corrected chi connectivity index (χ4v) is 2.20. The summed E-state index contributed by atoms with van der Waals surface area (Å²) in [5.74, 6) is -0.125. The fraction of sp³-hybridized carbons (Fsp3) is 0.143. The summed E-state index contributed by atoms with van der Waals surface area (Å²) in [6.07, 6.45) is 3.38. The van der Waals surface area contributed by atoms with Crippen LogP contribution in [-0.4, -0.2) is 10.8 Å². The third-order valence-electron chi connectivity index (χ3n) is 2.80. The summed E-state index contributed by atoms with van der Waals surface area (Å²) in [5.41, 5.74) is 1.61. The third kappa shape index (κ3) is 2.79. The van der Waals surface area contributed by atoms with Crippen LogP contribution in [0, 0.1) is 0 Å². The molecule has 18 heavy (non-hydrogen) atoms. The van der Waals surface area contributed by atoms with Crippen LogP contribution in [-0.2, 0) is 0 Å². The summed E-state index contributed by atoms with van der Waals surface area (Å²) in [5, 5.41) is 0.600. The lowest BCUT2D eigenvalue weighted by Crippen LogP contribution is -2.09. The molecule has 0 N–H and O–H groups in total. The molecule has 0 amide bonds. The Morgan fingerprint density at radius 2 is 1.94 bits per heavy atom. The molecule has 0 bridgehead atoms. The molecule has 1 unspecified atom stereocenters. The molecule has 92 valence electrons. The van der Waals surface area contributed by atoms with Gasteiger partial charge >= 0.3 is 0 Å². The predicted molar refractivity (Wildman–Crippen MR) is 76.1 cm³/mol. The lowest BCUT2D eigenvalue weighted by molar-refractivity contribution is 0.0966. The van der Waals surface area contributed by atoms with E-state index in [1.807, 2.05) is 19.1 Å². The molecule has 0 spiro atoms. The van der Waals surface area contributed by atoms with Gasteiger partial charge in [0.15, 0.2) is 5.78 Å². The van der Waals surface area contributed by atoms with Crippen LogP contribution in [0.2, 0.25) is 5.02 Å². The van der Waals surface area contributed by atoms with E-state index >= 15 is 0 Å². The number of halogens is 2. The van der Waals surface area contributed by atoms with Gasteiger partial charge < -0.3 is 0 Å². The van der Waals surface area contributed by atoms with Crippen molar-refractivity contribution < 1.29 is 4.79 Å². The van der Waals surface area contributed by atoms with Gasteiger partial charge in [0, 0.05) is 28.3 Å². The maximum Gasteiger partial charge on any atom is 0.170 e. The van der Waals surface area contributed by atoms with Crippen molar-refractivity contribution in [3.8, 4) is 0 Å². The van der Waals surface area contributed by atoms with Crippen molar-refractivity contribution in [3.05, 3.63) is 63.3 Å². The smallest absolute Gasteiger partial charge is 0.170 e. The minimum atomic E-state index is -0.193. The largest absolute Gasteiger partial charge is 0.294 e. The molecular weight excluding hydrogens is 314 g/mol. The topological polar surface area (TPSA) is 30.0 Å². The lowest BCUT2D eigenvalue weighted by Gasteiger charge is -2.11. The summed E-state index contributed by atoms with van der Waals surface area (Å²) < 4.78 is 0.733. The zero-order chi connectivity index (χ0) is 13.1. The number of nitrogens with zero attached hydrogens (tertiary/aromatic N) is 1. The highest BCUT2D eigenvalue weighted by atomic mass is 79.9. The number of hydrogen-bond acceptors (Lipinski definition) is 2. The van der Waals surface area contributed by atoms with Gasteiger partial charge in [-0.25, -0.2) is 0 Å². The van der Waals surface area contributed by atoms with E-state index in [0.29, 0.717) is 10.6 Å². The molecule has 1 aromatic carbocycles. The highest BCUT2D eigenvalue weighted by Crippen LogP contribution is 2.26. The summed E-state index contributed by atoms with van der Waals surface area (Å²) in [6, 6.07) is 8.93. The van der Waals surface area contributed by atoms with Gasteiger partial charge in [-0.1, -0.05) is 18.5 Å². The maximum absolute atomic E-state index is 12.3. The van der Waals surface area contributed by atoms with Crippen LogP contribution in [0.3, 0.4) is 0 Å². The van der Waals surface area contributed by atoms with Crippen LogP contribution in [0.4, 0.5) is 0 Å². The Bertz CT molecular complexity index is 571. The normalized spacial score (nSPS) is 12.2. The summed E-state index contributed by atoms with van der Waals surface area (Å²) in [4.78, 5) is 16.3. The molecule has 0 radical (unpaired) electrons. The Morgan fingerprint density at radius 3 is 2.56 bits per heavy atom. The number of Topliss-reactive ketones (excluding diaryl/α,β-unsaturated/α-hetero) is 1. The Hall–Kier alpha value is -1.19. The van der Waals surface area contributed by atoms with Gasteiger partial charge in [-0.3, -0.25) is 9.78 Å². The third-order valence-corrected chi connectivity index (χ3v) is 4.02. The molecule has 1 heterocycles. The summed E-state index contributed by atoms with van der Waals surface area (Å²) in [6.45, 7) is 1.89. The Labute approximate surface area is 119 Å². The average molecular weight is 325 g/mol. The van der Waals surface area contributed by atoms with Crippen molar-refractivity contribution in [1.82, 2.24) is 4.98 Å². The van der Waals surface area contributed by atoms with Crippen LogP contribution in [0.25, 0.3) is 0 Å². The van der Waals surface area contributed by atoms with E-state index < -0.39 is 0 Å². The van der Waals surface area contributed by atoms with Crippen LogP contribution >= 0.6 is 27.5 Å². The monoisotopic (exact) mass is 323 g/mol. The Balaban J connectivity index is 2.29. The van der Waals surface area contributed by atoms with Crippen LogP contribution in [0.1, 0.15) is 28.8 Å². The van der Waals surface area contributed by atoms with Crippen molar-refractivity contribution in [2.24, 2.45) is 0 Å². The first-order valence-corrected chi connectivity index (χ1v) is 6.66. The molecule has 1 aromatic heterocycles. The predicted octanol–water partition coefficient (Wildman–Crippen LogP) is 4.48. The van der Waals surface area contributed by atoms with Gasteiger partial charge in [0.25, 0.3) is 0 Å². The molecule has 0 fully saturated rings. The fourth-order valence-electron chi connectivity index (χ4n) is 1.70. The zero-order valence-corrected chi connectivity index (χ0v) is 12.1. The number of carbonyl (C=O) groups excluding carboxylic acids is 1. The zero-order valence-electron chi connectivity index (χ0n) is 9.73. The van der Waals surface area contributed by atoms with E-state index in [9.17, 15) is 4.79 Å². The Morgan fingerprint density at radius 1 is 1.28 bits per heavy atom. The van der Waals surface area contributed by atoms with Gasteiger partial charge in [0.05, 0.1) is 5.02 Å². The molecule has 0 saturated carbocycles. The maximum atomic E-state index is 12.3. The van der Waals surface area contributed by atoms with Gasteiger partial charge in [0.1, 0.15) is 0 Å². The van der Waals surface area contributed by atoms with Crippen molar-refractivity contribution in [2.75, 3.05) is 0 Å². The summed E-state index contributed by atoms with van der Waals surface area (Å²) >= 11 is 9.24. The number of ketones is 1. The van der Waals surface area contributed by atoms with Crippen molar-refractivity contribution in [1.29, 1.82) is 0 Å². The molecule has 0 aliphatic rings. The van der Waals surface area contributed by atoms with Gasteiger partial charge in [-0.2, -0.15) is 0 Å². The Kier molecular flexibility index (Phi) is 4.15. The number of hydrogen-bond donors (Lipinski definition) is 0. The first kappa shape index (κ1) is 13.2. The van der Waals surface area contributed by atoms with Crippen LogP contribution in [0.5, 0.6) is 0 Å². The van der Waals surface area contributed by atoms with E-state index in [2.05, 4.69) is 20.9 Å². The number of pyridine rings is 1. The minimum Gasteiger partial charge on any atom is -0.294 e. The minimum absolute atomic E-state index is 0.0681. The number of benzene rings is 1. The average Bonchev–Trinajstić information content (AvgIpc) is 2.41. The molecule has 0 saturated heterocycles. The van der Waals surface area contributed by atoms with Gasteiger partial charge in [-0.05, 0) is 51.8 Å². The van der Waals surface area contributed by atoms with E-state index in [-0.39, 0.29) is 11.7 Å². The van der Waals surface area contributed by atoms with E-state index in [1.165, 1.54) is 0 Å². The highest BCUT2D eigenvalue weighted by Gasteiger charge is 2.17. The molecular formula is C14H11BrClNO. The highest BCUT2D eigenvalue weighted by molar-refractivity contribution is 9.10. The van der Waals surface area contributed by atoms with Crippen molar-refractivity contribution in [2.45, 2.75) is 12.8 Å². The van der Waals surface area contributed by atoms with Crippen LogP contribution < -0.4 is 0 Å². The SMILES string of the molecule is CC(C(=O)c1ccc(Cl)c(Br)c1)c1ccncc1. The molecule has 2 aromatic rings. The molecule has 2 rings (SSSR count). The summed E-state index contributed by atoms with van der Waals surface area (Å²) in [7, 11) is 0. The van der Waals surface area contributed by atoms with Crippen molar-refractivity contribution >= 4 is 33.3 Å². The second-order valence-corrected chi connectivity index (χ2v) is 5.26. The standard InChI is InChI=1S/C14H11BrClNO/c1-9(10-4-6-17-7-5-10)14(18)11-2-3-13(16)12(15)8-11/h2-9H,1H3. The quantitative estimate of drug-likeness (QED) is 0.779. The molecule has 2 nitrogen and oxygen atoms in total. The second kappa shape index (κ2) is 5.63. The first-order valence-electron chi connectivity index (χ1n) is 5.49. The lowest BCUT2D eigenvalue weighted by atomic mass is 9.93. The number of aromatic nitrogens is 1. The van der Waals surface area contributed by atoms with E-state index in [1.54, 1.807) is 30.6 Å². The molecule has 0 aliphatic carbocycles. The number of carbonyl (C=O) groups is 1. The van der Waals surface area contributed by atoms with Gasteiger partial charge in [0.2, 0.25) is 0 Å². The second-order valence-electron chi connectivity index (χ2n) is 4.00. The van der Waals surface area contributed by atoms with E-state index in [0.717, 1.165) is 10.0 Å². The molecule has 1 atom stereocenters. The first-order chi connectivity index (χ1) is 8.59.